The molecule has 1 rings (SSSR count). The SMILES string of the molecule is CCCOCCC(=O)NCC1CCNC1. The highest BCUT2D eigenvalue weighted by molar-refractivity contribution is 5.75. The summed E-state index contributed by atoms with van der Waals surface area (Å²) in [6, 6.07) is 0. The van der Waals surface area contributed by atoms with Gasteiger partial charge in [-0.05, 0) is 31.8 Å². The lowest BCUT2D eigenvalue weighted by atomic mass is 10.1. The molecule has 2 N–H and O–H groups in total. The molecule has 0 bridgehead atoms. The third-order valence-electron chi connectivity index (χ3n) is 2.57. The smallest absolute Gasteiger partial charge is 0.222 e. The van der Waals surface area contributed by atoms with Gasteiger partial charge in [0.1, 0.15) is 0 Å². The van der Waals surface area contributed by atoms with Crippen molar-refractivity contribution < 1.29 is 9.53 Å². The van der Waals surface area contributed by atoms with Crippen LogP contribution in [0.5, 0.6) is 0 Å². The molecule has 1 amide bonds. The lowest BCUT2D eigenvalue weighted by Gasteiger charge is -2.09. The number of amides is 1. The van der Waals surface area contributed by atoms with Gasteiger partial charge < -0.3 is 15.4 Å². The predicted octanol–water partition coefficient (Wildman–Crippen LogP) is 0.529. The van der Waals surface area contributed by atoms with Crippen molar-refractivity contribution in [3.8, 4) is 0 Å². The van der Waals surface area contributed by atoms with Gasteiger partial charge in [-0.2, -0.15) is 0 Å². The van der Waals surface area contributed by atoms with E-state index in [2.05, 4.69) is 17.6 Å². The van der Waals surface area contributed by atoms with Crippen molar-refractivity contribution in [2.24, 2.45) is 5.92 Å². The number of ether oxygens (including phenoxy) is 1. The van der Waals surface area contributed by atoms with E-state index in [9.17, 15) is 4.79 Å². The summed E-state index contributed by atoms with van der Waals surface area (Å²) in [7, 11) is 0. The summed E-state index contributed by atoms with van der Waals surface area (Å²) >= 11 is 0. The minimum absolute atomic E-state index is 0.109. The second-order valence-corrected chi connectivity index (χ2v) is 4.03. The lowest BCUT2D eigenvalue weighted by Crippen LogP contribution is -2.30. The predicted molar refractivity (Wildman–Crippen MR) is 59.7 cm³/mol. The van der Waals surface area contributed by atoms with E-state index in [-0.39, 0.29) is 5.91 Å². The van der Waals surface area contributed by atoms with Gasteiger partial charge in [0.05, 0.1) is 6.61 Å². The molecule has 88 valence electrons. The van der Waals surface area contributed by atoms with Crippen LogP contribution in [0.3, 0.4) is 0 Å². The van der Waals surface area contributed by atoms with Gasteiger partial charge in [0.15, 0.2) is 0 Å². The molecule has 4 nitrogen and oxygen atoms in total. The molecule has 1 fully saturated rings. The van der Waals surface area contributed by atoms with Crippen LogP contribution in [0.1, 0.15) is 26.2 Å². The Kier molecular flexibility index (Phi) is 6.36. The molecule has 4 heteroatoms. The van der Waals surface area contributed by atoms with Crippen LogP contribution in [-0.2, 0) is 9.53 Å². The summed E-state index contributed by atoms with van der Waals surface area (Å²) in [6.07, 6.45) is 2.67. The van der Waals surface area contributed by atoms with Gasteiger partial charge in [-0.15, -0.1) is 0 Å². The number of hydrogen-bond acceptors (Lipinski definition) is 3. The van der Waals surface area contributed by atoms with Gasteiger partial charge in [-0.25, -0.2) is 0 Å². The van der Waals surface area contributed by atoms with Gasteiger partial charge in [-0.1, -0.05) is 6.92 Å². The van der Waals surface area contributed by atoms with Crippen molar-refractivity contribution in [1.29, 1.82) is 0 Å². The van der Waals surface area contributed by atoms with E-state index in [0.717, 1.165) is 32.7 Å². The minimum Gasteiger partial charge on any atom is -0.381 e. The molecular formula is C11H22N2O2. The van der Waals surface area contributed by atoms with Crippen LogP contribution < -0.4 is 10.6 Å². The standard InChI is InChI=1S/C11H22N2O2/c1-2-6-15-7-4-11(14)13-9-10-3-5-12-8-10/h10,12H,2-9H2,1H3,(H,13,14). The maximum absolute atomic E-state index is 11.4. The summed E-state index contributed by atoms with van der Waals surface area (Å²) in [5.74, 6) is 0.725. The van der Waals surface area contributed by atoms with Crippen LogP contribution in [0.4, 0.5) is 0 Å². The van der Waals surface area contributed by atoms with Crippen LogP contribution in [0.2, 0.25) is 0 Å². The Morgan fingerprint density at radius 2 is 2.40 bits per heavy atom. The first-order chi connectivity index (χ1) is 7.33. The third kappa shape index (κ3) is 5.74. The zero-order chi connectivity index (χ0) is 10.9. The first-order valence-electron chi connectivity index (χ1n) is 5.88. The molecule has 0 spiro atoms. The van der Waals surface area contributed by atoms with Crippen LogP contribution in [0.25, 0.3) is 0 Å². The molecule has 0 aliphatic carbocycles. The first kappa shape index (κ1) is 12.5. The highest BCUT2D eigenvalue weighted by Crippen LogP contribution is 2.05. The fourth-order valence-corrected chi connectivity index (χ4v) is 1.65. The molecule has 1 unspecified atom stereocenters. The van der Waals surface area contributed by atoms with E-state index >= 15 is 0 Å². The topological polar surface area (TPSA) is 50.4 Å². The summed E-state index contributed by atoms with van der Waals surface area (Å²) in [5, 5.41) is 6.22. The van der Waals surface area contributed by atoms with E-state index in [1.165, 1.54) is 6.42 Å². The Hall–Kier alpha value is -0.610. The molecule has 0 radical (unpaired) electrons. The van der Waals surface area contributed by atoms with Gasteiger partial charge >= 0.3 is 0 Å². The number of rotatable bonds is 7. The molecule has 1 aliphatic rings. The van der Waals surface area contributed by atoms with E-state index in [0.29, 0.717) is 18.9 Å². The number of hydrogen-bond donors (Lipinski definition) is 2. The van der Waals surface area contributed by atoms with Gasteiger partial charge in [0.2, 0.25) is 5.91 Å². The van der Waals surface area contributed by atoms with Crippen molar-refractivity contribution in [3.05, 3.63) is 0 Å². The summed E-state index contributed by atoms with van der Waals surface area (Å²) < 4.78 is 5.25. The van der Waals surface area contributed by atoms with Gasteiger partial charge in [0, 0.05) is 19.6 Å². The Labute approximate surface area is 91.8 Å². The van der Waals surface area contributed by atoms with Gasteiger partial charge in [0.25, 0.3) is 0 Å². The molecule has 1 aliphatic heterocycles. The highest BCUT2D eigenvalue weighted by atomic mass is 16.5. The molecule has 1 saturated heterocycles. The van der Waals surface area contributed by atoms with Gasteiger partial charge in [-0.3, -0.25) is 4.79 Å². The Bertz CT molecular complexity index is 179. The molecule has 0 aromatic carbocycles. The zero-order valence-corrected chi connectivity index (χ0v) is 9.55. The third-order valence-corrected chi connectivity index (χ3v) is 2.57. The highest BCUT2D eigenvalue weighted by Gasteiger charge is 2.14. The maximum atomic E-state index is 11.4. The van der Waals surface area contributed by atoms with E-state index in [1.54, 1.807) is 0 Å². The van der Waals surface area contributed by atoms with E-state index < -0.39 is 0 Å². The average Bonchev–Trinajstić information content (AvgIpc) is 2.74. The van der Waals surface area contributed by atoms with Crippen LogP contribution in [0.15, 0.2) is 0 Å². The molecule has 15 heavy (non-hydrogen) atoms. The Morgan fingerprint density at radius 3 is 3.07 bits per heavy atom. The fraction of sp³-hybridized carbons (Fsp3) is 0.909. The van der Waals surface area contributed by atoms with Crippen molar-refractivity contribution in [2.45, 2.75) is 26.2 Å². The first-order valence-corrected chi connectivity index (χ1v) is 5.88. The van der Waals surface area contributed by atoms with Crippen LogP contribution in [0, 0.1) is 5.92 Å². The second-order valence-electron chi connectivity index (χ2n) is 4.03. The van der Waals surface area contributed by atoms with Crippen molar-refractivity contribution in [3.63, 3.8) is 0 Å². The average molecular weight is 214 g/mol. The van der Waals surface area contributed by atoms with Crippen molar-refractivity contribution in [2.75, 3.05) is 32.8 Å². The number of carbonyl (C=O) groups excluding carboxylic acids is 1. The lowest BCUT2D eigenvalue weighted by molar-refractivity contribution is -0.122. The monoisotopic (exact) mass is 214 g/mol. The van der Waals surface area contributed by atoms with Crippen LogP contribution >= 0.6 is 0 Å². The largest absolute Gasteiger partial charge is 0.381 e. The molecule has 1 heterocycles. The number of carbonyl (C=O) groups is 1. The second kappa shape index (κ2) is 7.65. The summed E-state index contributed by atoms with van der Waals surface area (Å²) in [6.45, 7) is 6.28. The molecule has 0 aromatic heterocycles. The van der Waals surface area contributed by atoms with Crippen LogP contribution in [-0.4, -0.2) is 38.8 Å². The maximum Gasteiger partial charge on any atom is 0.222 e. The molecular weight excluding hydrogens is 192 g/mol. The number of nitrogens with one attached hydrogen (secondary N) is 2. The normalized spacial score (nSPS) is 20.5. The van der Waals surface area contributed by atoms with Crippen molar-refractivity contribution >= 4 is 5.91 Å². The Morgan fingerprint density at radius 1 is 1.53 bits per heavy atom. The summed E-state index contributed by atoms with van der Waals surface area (Å²) in [5.41, 5.74) is 0. The zero-order valence-electron chi connectivity index (χ0n) is 9.55. The van der Waals surface area contributed by atoms with Crippen molar-refractivity contribution in [1.82, 2.24) is 10.6 Å². The fourth-order valence-electron chi connectivity index (χ4n) is 1.65. The minimum atomic E-state index is 0.109. The van der Waals surface area contributed by atoms with E-state index in [4.69, 9.17) is 4.74 Å². The van der Waals surface area contributed by atoms with E-state index in [1.807, 2.05) is 0 Å². The molecule has 0 aromatic rings. The molecule has 0 saturated carbocycles. The Balaban J connectivity index is 1.93. The summed E-state index contributed by atoms with van der Waals surface area (Å²) in [4.78, 5) is 11.4. The quantitative estimate of drug-likeness (QED) is 0.608. The molecule has 1 atom stereocenters.